The van der Waals surface area contributed by atoms with Crippen molar-refractivity contribution in [2.45, 2.75) is 45.1 Å². The maximum absolute atomic E-state index is 6.10. The summed E-state index contributed by atoms with van der Waals surface area (Å²) in [5.74, 6) is 2.24. The van der Waals surface area contributed by atoms with E-state index in [1.165, 1.54) is 19.3 Å². The molecule has 0 saturated carbocycles. The molecule has 0 amide bonds. The highest BCUT2D eigenvalue weighted by Crippen LogP contribution is 2.25. The first-order valence-corrected chi connectivity index (χ1v) is 7.66. The minimum absolute atomic E-state index is 0.373. The zero-order chi connectivity index (χ0) is 13.5. The summed E-state index contributed by atoms with van der Waals surface area (Å²) in [6.45, 7) is 3.79. The van der Waals surface area contributed by atoms with Gasteiger partial charge in [0.15, 0.2) is 0 Å². The summed E-state index contributed by atoms with van der Waals surface area (Å²) >= 11 is 6.10. The van der Waals surface area contributed by atoms with Crippen LogP contribution in [0.3, 0.4) is 0 Å². The zero-order valence-corrected chi connectivity index (χ0v) is 12.3. The molecule has 1 aromatic heterocycles. The number of alkyl halides is 1. The lowest BCUT2D eigenvalue weighted by Gasteiger charge is -2.29. The van der Waals surface area contributed by atoms with Crippen molar-refractivity contribution < 1.29 is 4.74 Å². The second kappa shape index (κ2) is 7.53. The van der Waals surface area contributed by atoms with Gasteiger partial charge in [-0.2, -0.15) is 0 Å². The zero-order valence-electron chi connectivity index (χ0n) is 11.5. The van der Waals surface area contributed by atoms with E-state index in [1.807, 2.05) is 6.07 Å². The van der Waals surface area contributed by atoms with Gasteiger partial charge in [0.25, 0.3) is 0 Å². The van der Waals surface area contributed by atoms with Crippen LogP contribution in [0.25, 0.3) is 0 Å². The van der Waals surface area contributed by atoms with Crippen molar-refractivity contribution in [2.75, 3.05) is 23.9 Å². The van der Waals surface area contributed by atoms with Gasteiger partial charge in [-0.3, -0.25) is 0 Å². The van der Waals surface area contributed by atoms with Crippen LogP contribution >= 0.6 is 11.6 Å². The van der Waals surface area contributed by atoms with Crippen LogP contribution in [0, 0.1) is 0 Å². The standard InChI is InChI=1S/C14H22ClN3O/c1-2-8-19-14-9-13(16-11-17-14)18-7-5-3-4-6-12(18)10-15/h9,11-12H,2-8,10H2,1H3. The van der Waals surface area contributed by atoms with Crippen molar-refractivity contribution in [3.05, 3.63) is 12.4 Å². The molecule has 4 nitrogen and oxygen atoms in total. The maximum atomic E-state index is 6.10. The third-order valence-electron chi connectivity index (χ3n) is 3.43. The number of anilines is 1. The first-order chi connectivity index (χ1) is 9.35. The molecule has 1 aromatic rings. The molecule has 1 fully saturated rings. The predicted molar refractivity (Wildman–Crippen MR) is 78.1 cm³/mol. The Bertz CT molecular complexity index is 389. The van der Waals surface area contributed by atoms with Crippen LogP contribution in [-0.4, -0.2) is 35.0 Å². The van der Waals surface area contributed by atoms with Gasteiger partial charge in [0.2, 0.25) is 5.88 Å². The Hall–Kier alpha value is -1.03. The lowest BCUT2D eigenvalue weighted by molar-refractivity contribution is 0.304. The molecule has 1 aliphatic rings. The Morgan fingerprint density at radius 2 is 2.26 bits per heavy atom. The Morgan fingerprint density at radius 1 is 1.37 bits per heavy atom. The molecular formula is C14H22ClN3O. The van der Waals surface area contributed by atoms with Gasteiger partial charge >= 0.3 is 0 Å². The van der Waals surface area contributed by atoms with Gasteiger partial charge in [0, 0.05) is 24.5 Å². The summed E-state index contributed by atoms with van der Waals surface area (Å²) in [5, 5.41) is 0. The molecule has 1 atom stereocenters. The molecule has 2 heterocycles. The number of halogens is 1. The van der Waals surface area contributed by atoms with Crippen LogP contribution in [0.4, 0.5) is 5.82 Å². The van der Waals surface area contributed by atoms with Crippen molar-refractivity contribution in [2.24, 2.45) is 0 Å². The summed E-state index contributed by atoms with van der Waals surface area (Å²) < 4.78 is 5.58. The Kier molecular flexibility index (Phi) is 5.70. The molecule has 0 aromatic carbocycles. The number of nitrogens with zero attached hydrogens (tertiary/aromatic N) is 3. The average Bonchev–Trinajstić information content (AvgIpc) is 2.70. The van der Waals surface area contributed by atoms with Gasteiger partial charge < -0.3 is 9.64 Å². The van der Waals surface area contributed by atoms with Crippen molar-refractivity contribution in [1.29, 1.82) is 0 Å². The molecule has 2 rings (SSSR count). The fourth-order valence-corrected chi connectivity index (χ4v) is 2.73. The number of aromatic nitrogens is 2. The summed E-state index contributed by atoms with van der Waals surface area (Å²) in [4.78, 5) is 10.8. The normalized spacial score (nSPS) is 20.1. The van der Waals surface area contributed by atoms with E-state index < -0.39 is 0 Å². The van der Waals surface area contributed by atoms with E-state index in [1.54, 1.807) is 6.33 Å². The lowest BCUT2D eigenvalue weighted by Crippen LogP contribution is -2.36. The van der Waals surface area contributed by atoms with Gasteiger partial charge in [0.05, 0.1) is 6.61 Å². The van der Waals surface area contributed by atoms with E-state index >= 15 is 0 Å². The molecule has 1 aliphatic heterocycles. The molecule has 0 aliphatic carbocycles. The Balaban J connectivity index is 2.13. The van der Waals surface area contributed by atoms with Crippen LogP contribution < -0.4 is 9.64 Å². The first kappa shape index (κ1) is 14.4. The minimum Gasteiger partial charge on any atom is -0.478 e. The largest absolute Gasteiger partial charge is 0.478 e. The molecule has 1 unspecified atom stereocenters. The van der Waals surface area contributed by atoms with Crippen LogP contribution in [-0.2, 0) is 0 Å². The summed E-state index contributed by atoms with van der Waals surface area (Å²) in [6.07, 6.45) is 7.41. The first-order valence-electron chi connectivity index (χ1n) is 7.12. The van der Waals surface area contributed by atoms with E-state index in [4.69, 9.17) is 16.3 Å². The highest BCUT2D eigenvalue weighted by Gasteiger charge is 2.21. The van der Waals surface area contributed by atoms with E-state index in [0.29, 0.717) is 24.4 Å². The third-order valence-corrected chi connectivity index (χ3v) is 3.79. The van der Waals surface area contributed by atoms with Gasteiger partial charge in [0.1, 0.15) is 12.1 Å². The van der Waals surface area contributed by atoms with E-state index in [-0.39, 0.29) is 0 Å². The van der Waals surface area contributed by atoms with Gasteiger partial charge in [-0.15, -0.1) is 11.6 Å². The van der Waals surface area contributed by atoms with Gasteiger partial charge in [-0.25, -0.2) is 9.97 Å². The second-order valence-corrected chi connectivity index (χ2v) is 5.22. The van der Waals surface area contributed by atoms with Crippen LogP contribution in [0.15, 0.2) is 12.4 Å². The topological polar surface area (TPSA) is 38.2 Å². The molecule has 0 bridgehead atoms. The van der Waals surface area contributed by atoms with Crippen LogP contribution in [0.1, 0.15) is 39.0 Å². The van der Waals surface area contributed by atoms with E-state index in [0.717, 1.165) is 25.2 Å². The molecular weight excluding hydrogens is 262 g/mol. The maximum Gasteiger partial charge on any atom is 0.218 e. The highest BCUT2D eigenvalue weighted by atomic mass is 35.5. The molecule has 5 heteroatoms. The monoisotopic (exact) mass is 283 g/mol. The highest BCUT2D eigenvalue weighted by molar-refractivity contribution is 6.18. The predicted octanol–water partition coefficient (Wildman–Crippen LogP) is 3.25. The number of hydrogen-bond acceptors (Lipinski definition) is 4. The van der Waals surface area contributed by atoms with Crippen molar-refractivity contribution in [3.63, 3.8) is 0 Å². The smallest absolute Gasteiger partial charge is 0.218 e. The Labute approximate surface area is 120 Å². The fourth-order valence-electron chi connectivity index (χ4n) is 2.41. The lowest BCUT2D eigenvalue weighted by atomic mass is 10.1. The van der Waals surface area contributed by atoms with E-state index in [9.17, 15) is 0 Å². The number of rotatable bonds is 5. The molecule has 0 spiro atoms. The van der Waals surface area contributed by atoms with Crippen LogP contribution in [0.2, 0.25) is 0 Å². The Morgan fingerprint density at radius 3 is 3.05 bits per heavy atom. The fraction of sp³-hybridized carbons (Fsp3) is 0.714. The van der Waals surface area contributed by atoms with Crippen molar-refractivity contribution >= 4 is 17.4 Å². The van der Waals surface area contributed by atoms with Crippen molar-refractivity contribution in [3.8, 4) is 5.88 Å². The summed E-state index contributed by atoms with van der Waals surface area (Å²) in [7, 11) is 0. The number of ether oxygens (including phenoxy) is 1. The summed E-state index contributed by atoms with van der Waals surface area (Å²) in [5.41, 5.74) is 0. The minimum atomic E-state index is 0.373. The molecule has 106 valence electrons. The molecule has 1 saturated heterocycles. The number of hydrogen-bond donors (Lipinski definition) is 0. The molecule has 19 heavy (non-hydrogen) atoms. The SMILES string of the molecule is CCCOc1cc(N2CCCCCC2CCl)ncn1. The summed E-state index contributed by atoms with van der Waals surface area (Å²) in [6, 6.07) is 2.30. The average molecular weight is 284 g/mol. The van der Waals surface area contributed by atoms with E-state index in [2.05, 4.69) is 21.8 Å². The molecule has 0 N–H and O–H groups in total. The third kappa shape index (κ3) is 3.96. The quantitative estimate of drug-likeness (QED) is 0.778. The van der Waals surface area contributed by atoms with Crippen LogP contribution in [0.5, 0.6) is 5.88 Å². The van der Waals surface area contributed by atoms with Gasteiger partial charge in [-0.05, 0) is 19.3 Å². The molecule has 0 radical (unpaired) electrons. The van der Waals surface area contributed by atoms with Crippen molar-refractivity contribution in [1.82, 2.24) is 9.97 Å². The second-order valence-electron chi connectivity index (χ2n) is 4.91. The van der Waals surface area contributed by atoms with Gasteiger partial charge in [-0.1, -0.05) is 19.8 Å².